The van der Waals surface area contributed by atoms with Crippen molar-refractivity contribution >= 4 is 23.6 Å². The highest BCUT2D eigenvalue weighted by molar-refractivity contribution is 5.90. The van der Waals surface area contributed by atoms with Gasteiger partial charge in [-0.1, -0.05) is 17.3 Å². The number of rotatable bonds is 7. The van der Waals surface area contributed by atoms with Gasteiger partial charge in [-0.05, 0) is 29.8 Å². The predicted octanol–water partition coefficient (Wildman–Crippen LogP) is 3.57. The number of hydrogen-bond acceptors (Lipinski definition) is 5. The average Bonchev–Trinajstić information content (AvgIpc) is 3.12. The monoisotopic (exact) mass is 435 g/mol. The van der Waals surface area contributed by atoms with Crippen molar-refractivity contribution in [3.05, 3.63) is 54.4 Å². The fraction of sp³-hybridized carbons (Fsp3) is 0.250. The molecule has 31 heavy (non-hydrogen) atoms. The molecule has 3 rings (SSSR count). The van der Waals surface area contributed by atoms with Gasteiger partial charge in [-0.15, -0.1) is 0 Å². The summed E-state index contributed by atoms with van der Waals surface area (Å²) in [5.41, 5.74) is 3.42. The first-order chi connectivity index (χ1) is 14.7. The van der Waals surface area contributed by atoms with Crippen LogP contribution in [0, 0.1) is 0 Å². The number of nitrogens with one attached hydrogen (secondary N) is 2. The van der Waals surface area contributed by atoms with Crippen molar-refractivity contribution in [3.63, 3.8) is 0 Å². The molecule has 2 aromatic heterocycles. The van der Waals surface area contributed by atoms with Crippen molar-refractivity contribution in [2.75, 3.05) is 11.9 Å². The number of benzene rings is 1. The van der Waals surface area contributed by atoms with Crippen LogP contribution in [0.3, 0.4) is 0 Å². The lowest BCUT2D eigenvalue weighted by molar-refractivity contribution is -0.122. The minimum atomic E-state index is -4.48. The van der Waals surface area contributed by atoms with E-state index in [4.69, 9.17) is 9.94 Å². The van der Waals surface area contributed by atoms with Crippen LogP contribution < -0.4 is 10.6 Å². The molecule has 0 spiro atoms. The third kappa shape index (κ3) is 6.44. The van der Waals surface area contributed by atoms with E-state index in [1.807, 2.05) is 22.7 Å². The third-order valence-electron chi connectivity index (χ3n) is 4.06. The smallest absolute Gasteiger partial charge is 0.365 e. The number of carbonyl (C=O) groups is 1. The van der Waals surface area contributed by atoms with Crippen LogP contribution in [0.4, 0.5) is 23.7 Å². The number of imidazole rings is 1. The van der Waals surface area contributed by atoms with Gasteiger partial charge < -0.3 is 20.6 Å². The topological polar surface area (TPSA) is 100 Å². The molecule has 3 aromatic rings. The summed E-state index contributed by atoms with van der Waals surface area (Å²) in [6.07, 6.45) is 0.0396. The number of alkyl halides is 3. The molecule has 164 valence electrons. The summed E-state index contributed by atoms with van der Waals surface area (Å²) in [5.74, 6) is 0. The molecular formula is C20H20F3N5O3. The minimum absolute atomic E-state index is 0.345. The maximum atomic E-state index is 12.2. The number of aromatic nitrogens is 2. The molecule has 8 nitrogen and oxygen atoms in total. The van der Waals surface area contributed by atoms with Gasteiger partial charge in [0.15, 0.2) is 0 Å². The molecule has 0 aliphatic heterocycles. The highest BCUT2D eigenvalue weighted by atomic mass is 19.4. The number of anilines is 1. The summed E-state index contributed by atoms with van der Waals surface area (Å²) in [5, 5.41) is 16.8. The molecule has 11 heteroatoms. The molecule has 0 bridgehead atoms. The summed E-state index contributed by atoms with van der Waals surface area (Å²) in [6.45, 7) is 0.0406. The fourth-order valence-corrected chi connectivity index (χ4v) is 2.75. The lowest BCUT2D eigenvalue weighted by Gasteiger charge is -2.11. The largest absolute Gasteiger partial charge is 0.405 e. The van der Waals surface area contributed by atoms with Gasteiger partial charge in [0.1, 0.15) is 12.2 Å². The van der Waals surface area contributed by atoms with Gasteiger partial charge >= 0.3 is 12.2 Å². The van der Waals surface area contributed by atoms with Crippen LogP contribution >= 0.6 is 0 Å². The maximum absolute atomic E-state index is 12.2. The van der Waals surface area contributed by atoms with E-state index < -0.39 is 25.0 Å². The van der Waals surface area contributed by atoms with Crippen LogP contribution in [0.1, 0.15) is 12.5 Å². The molecular weight excluding hydrogens is 415 g/mol. The van der Waals surface area contributed by atoms with Gasteiger partial charge in [0, 0.05) is 37.0 Å². The molecule has 0 saturated heterocycles. The zero-order valence-corrected chi connectivity index (χ0v) is 16.4. The number of nitrogens with zero attached hydrogens (tertiary/aromatic N) is 3. The fourth-order valence-electron chi connectivity index (χ4n) is 2.75. The summed E-state index contributed by atoms with van der Waals surface area (Å²) >= 11 is 0. The first-order valence-electron chi connectivity index (χ1n) is 9.25. The number of aliphatic hydroxyl groups is 1. The van der Waals surface area contributed by atoms with Gasteiger partial charge in [-0.25, -0.2) is 9.78 Å². The van der Waals surface area contributed by atoms with E-state index in [1.54, 1.807) is 35.8 Å². The average molecular weight is 435 g/mol. The number of fused-ring (bicyclic) bond motifs is 1. The normalized spacial score (nSPS) is 12.8. The van der Waals surface area contributed by atoms with Gasteiger partial charge in [-0.3, -0.25) is 4.40 Å². The number of halogens is 3. The molecule has 0 saturated carbocycles. The number of urea groups is 1. The van der Waals surface area contributed by atoms with E-state index in [0.717, 1.165) is 16.8 Å². The van der Waals surface area contributed by atoms with Crippen molar-refractivity contribution in [3.8, 4) is 11.3 Å². The molecule has 1 atom stereocenters. The standard InChI is InChI=1S/C20H20F3N5O3/c1-13(29)31-26-7-5-14-6-8-28-17(11-24-18(28)9-14)15-3-2-4-16(10-15)27-19(30)25-12-20(21,22)23/h2-4,6-11,13,29H,5,12H2,1H3,(H2,25,27,30). The third-order valence-corrected chi connectivity index (χ3v) is 4.06. The molecule has 0 aliphatic rings. The van der Waals surface area contributed by atoms with Crippen molar-refractivity contribution in [2.45, 2.75) is 25.8 Å². The Morgan fingerprint density at radius 2 is 2.16 bits per heavy atom. The van der Waals surface area contributed by atoms with Gasteiger partial charge in [0.25, 0.3) is 0 Å². The quantitative estimate of drug-likeness (QED) is 0.300. The van der Waals surface area contributed by atoms with E-state index in [1.165, 1.54) is 13.1 Å². The lowest BCUT2D eigenvalue weighted by atomic mass is 10.1. The van der Waals surface area contributed by atoms with Crippen molar-refractivity contribution in [1.29, 1.82) is 0 Å². The number of oxime groups is 1. The van der Waals surface area contributed by atoms with Gasteiger partial charge in [0.2, 0.25) is 6.29 Å². The summed E-state index contributed by atoms with van der Waals surface area (Å²) in [6, 6.07) is 9.50. The zero-order valence-electron chi connectivity index (χ0n) is 16.4. The number of pyridine rings is 1. The highest BCUT2D eigenvalue weighted by Crippen LogP contribution is 2.24. The first-order valence-corrected chi connectivity index (χ1v) is 9.25. The van der Waals surface area contributed by atoms with E-state index in [9.17, 15) is 18.0 Å². The number of amides is 2. The molecule has 0 fully saturated rings. The lowest BCUT2D eigenvalue weighted by Crippen LogP contribution is -2.36. The molecule has 3 N–H and O–H groups in total. The molecule has 1 aromatic carbocycles. The van der Waals surface area contributed by atoms with Crippen LogP contribution in [0.15, 0.2) is 53.9 Å². The van der Waals surface area contributed by atoms with Gasteiger partial charge in [0.05, 0.1) is 11.9 Å². The summed E-state index contributed by atoms with van der Waals surface area (Å²) in [4.78, 5) is 20.8. The van der Waals surface area contributed by atoms with Crippen LogP contribution in [0.25, 0.3) is 16.9 Å². The second-order valence-corrected chi connectivity index (χ2v) is 6.61. The Morgan fingerprint density at radius 3 is 2.90 bits per heavy atom. The predicted molar refractivity (Wildman–Crippen MR) is 109 cm³/mol. The molecule has 0 aliphatic carbocycles. The Hall–Kier alpha value is -3.60. The Morgan fingerprint density at radius 1 is 1.35 bits per heavy atom. The second-order valence-electron chi connectivity index (χ2n) is 6.61. The molecule has 2 amide bonds. The van der Waals surface area contributed by atoms with E-state index in [-0.39, 0.29) is 0 Å². The second kappa shape index (κ2) is 9.47. The molecule has 2 heterocycles. The minimum Gasteiger partial charge on any atom is -0.365 e. The SMILES string of the molecule is CC(O)ON=CCc1ccn2c(-c3cccc(NC(=O)NCC(F)(F)F)c3)cnc2c1. The Labute approximate surface area is 175 Å². The summed E-state index contributed by atoms with van der Waals surface area (Å²) < 4.78 is 38.5. The van der Waals surface area contributed by atoms with Crippen LogP contribution in [0.5, 0.6) is 0 Å². The first kappa shape index (κ1) is 22.1. The van der Waals surface area contributed by atoms with Crippen molar-refractivity contribution < 1.29 is 27.9 Å². The Balaban J connectivity index is 1.72. The van der Waals surface area contributed by atoms with E-state index in [2.05, 4.69) is 15.5 Å². The number of carbonyl (C=O) groups excluding carboxylic acids is 1. The highest BCUT2D eigenvalue weighted by Gasteiger charge is 2.27. The van der Waals surface area contributed by atoms with Crippen LogP contribution in [0.2, 0.25) is 0 Å². The number of aliphatic hydroxyl groups excluding tert-OH is 1. The zero-order chi connectivity index (χ0) is 22.4. The van der Waals surface area contributed by atoms with Gasteiger partial charge in [-0.2, -0.15) is 13.2 Å². The molecule has 0 radical (unpaired) electrons. The Kier molecular flexibility index (Phi) is 6.75. The molecule has 1 unspecified atom stereocenters. The van der Waals surface area contributed by atoms with Crippen molar-refractivity contribution in [1.82, 2.24) is 14.7 Å². The Bertz CT molecular complexity index is 1080. The summed E-state index contributed by atoms with van der Waals surface area (Å²) in [7, 11) is 0. The van der Waals surface area contributed by atoms with E-state index in [0.29, 0.717) is 17.8 Å². The number of hydrogen-bond donors (Lipinski definition) is 3. The van der Waals surface area contributed by atoms with Crippen LogP contribution in [-0.4, -0.2) is 45.7 Å². The van der Waals surface area contributed by atoms with Crippen molar-refractivity contribution in [2.24, 2.45) is 5.16 Å². The van der Waals surface area contributed by atoms with Crippen LogP contribution in [-0.2, 0) is 11.3 Å². The van der Waals surface area contributed by atoms with E-state index >= 15 is 0 Å². The maximum Gasteiger partial charge on any atom is 0.405 e.